The Bertz CT molecular complexity index is 381. The fraction of sp³-hybridized carbons (Fsp3) is 0.875. The summed E-state index contributed by atoms with van der Waals surface area (Å²) in [6.45, 7) is 3.72. The van der Waals surface area contributed by atoms with Gasteiger partial charge in [0.05, 0.1) is 12.7 Å². The molecule has 0 aromatic rings. The Kier molecular flexibility index (Phi) is 6.64. The van der Waals surface area contributed by atoms with E-state index in [-0.39, 0.29) is 24.5 Å². The molecule has 2 rings (SSSR count). The predicted octanol–water partition coefficient (Wildman–Crippen LogP) is 1.82. The number of carbonyl (C=O) groups is 2. The second-order valence-corrected chi connectivity index (χ2v) is 6.22. The number of nitrogens with zero attached hydrogens (tertiary/aromatic N) is 1. The topological polar surface area (TPSA) is 76.1 Å². The van der Waals surface area contributed by atoms with E-state index < -0.39 is 12.1 Å². The summed E-state index contributed by atoms with van der Waals surface area (Å²) >= 11 is 0. The van der Waals surface area contributed by atoms with E-state index >= 15 is 0 Å². The summed E-state index contributed by atoms with van der Waals surface area (Å²) in [5.41, 5.74) is 0. The standard InChI is InChI=1S/C16H27NO5/c1-12(22-11-14-6-4-10-21-14)16(20)17-9-3-2-5-13(17)7-8-15(18)19/h12-14H,2-11H2,1H3,(H,18,19). The molecule has 1 amide bonds. The number of ether oxygens (including phenoxy) is 2. The second-order valence-electron chi connectivity index (χ2n) is 6.22. The summed E-state index contributed by atoms with van der Waals surface area (Å²) in [7, 11) is 0. The Morgan fingerprint density at radius 3 is 2.82 bits per heavy atom. The molecule has 0 aromatic heterocycles. The largest absolute Gasteiger partial charge is 0.481 e. The molecule has 2 fully saturated rings. The van der Waals surface area contributed by atoms with Crippen molar-refractivity contribution in [1.29, 1.82) is 0 Å². The van der Waals surface area contributed by atoms with Crippen LogP contribution in [0.1, 0.15) is 51.9 Å². The van der Waals surface area contributed by atoms with Crippen molar-refractivity contribution in [2.45, 2.75) is 70.1 Å². The number of hydrogen-bond acceptors (Lipinski definition) is 4. The molecule has 6 heteroatoms. The summed E-state index contributed by atoms with van der Waals surface area (Å²) in [6.07, 6.45) is 5.23. The molecule has 1 N–H and O–H groups in total. The maximum absolute atomic E-state index is 12.6. The lowest BCUT2D eigenvalue weighted by molar-refractivity contribution is -0.149. The molecule has 2 heterocycles. The molecular weight excluding hydrogens is 286 g/mol. The molecule has 6 nitrogen and oxygen atoms in total. The minimum atomic E-state index is -0.805. The van der Waals surface area contributed by atoms with Crippen LogP contribution in [0.2, 0.25) is 0 Å². The van der Waals surface area contributed by atoms with Gasteiger partial charge >= 0.3 is 5.97 Å². The van der Waals surface area contributed by atoms with Gasteiger partial charge in [0.2, 0.25) is 0 Å². The molecule has 0 radical (unpaired) electrons. The third-order valence-corrected chi connectivity index (χ3v) is 4.51. The van der Waals surface area contributed by atoms with Crippen molar-refractivity contribution >= 4 is 11.9 Å². The molecule has 0 aliphatic carbocycles. The van der Waals surface area contributed by atoms with Crippen LogP contribution in [0.25, 0.3) is 0 Å². The Balaban J connectivity index is 1.82. The Morgan fingerprint density at radius 2 is 2.14 bits per heavy atom. The van der Waals surface area contributed by atoms with Gasteiger partial charge < -0.3 is 19.5 Å². The monoisotopic (exact) mass is 313 g/mol. The van der Waals surface area contributed by atoms with Crippen LogP contribution in [0, 0.1) is 0 Å². The third kappa shape index (κ3) is 4.95. The normalized spacial score (nSPS) is 26.9. The number of carboxylic acids is 1. The van der Waals surface area contributed by atoms with E-state index in [0.717, 1.165) is 38.7 Å². The molecule has 0 spiro atoms. The lowest BCUT2D eigenvalue weighted by Crippen LogP contribution is -2.48. The first-order chi connectivity index (χ1) is 10.6. The molecule has 22 heavy (non-hydrogen) atoms. The predicted molar refractivity (Wildman–Crippen MR) is 80.6 cm³/mol. The number of piperidine rings is 1. The lowest BCUT2D eigenvalue weighted by atomic mass is 9.97. The molecule has 2 aliphatic rings. The average molecular weight is 313 g/mol. The summed E-state index contributed by atoms with van der Waals surface area (Å²) in [4.78, 5) is 25.2. The summed E-state index contributed by atoms with van der Waals surface area (Å²) < 4.78 is 11.2. The Hall–Kier alpha value is -1.14. The molecule has 0 saturated carbocycles. The van der Waals surface area contributed by atoms with Crippen LogP contribution in [-0.4, -0.2) is 59.9 Å². The lowest BCUT2D eigenvalue weighted by Gasteiger charge is -2.37. The van der Waals surface area contributed by atoms with E-state index in [2.05, 4.69) is 0 Å². The van der Waals surface area contributed by atoms with Gasteiger partial charge in [0, 0.05) is 25.6 Å². The highest BCUT2D eigenvalue weighted by Crippen LogP contribution is 2.22. The maximum Gasteiger partial charge on any atom is 0.303 e. The van der Waals surface area contributed by atoms with E-state index in [0.29, 0.717) is 19.6 Å². The van der Waals surface area contributed by atoms with Crippen molar-refractivity contribution < 1.29 is 24.2 Å². The molecule has 3 unspecified atom stereocenters. The highest BCUT2D eigenvalue weighted by Gasteiger charge is 2.30. The number of aliphatic carboxylic acids is 1. The van der Waals surface area contributed by atoms with E-state index in [1.165, 1.54) is 0 Å². The van der Waals surface area contributed by atoms with E-state index in [9.17, 15) is 9.59 Å². The van der Waals surface area contributed by atoms with E-state index in [1.807, 2.05) is 4.90 Å². The van der Waals surface area contributed by atoms with Gasteiger partial charge in [0.15, 0.2) is 0 Å². The minimum Gasteiger partial charge on any atom is -0.481 e. The summed E-state index contributed by atoms with van der Waals surface area (Å²) in [5.74, 6) is -0.825. The van der Waals surface area contributed by atoms with Crippen molar-refractivity contribution in [2.24, 2.45) is 0 Å². The summed E-state index contributed by atoms with van der Waals surface area (Å²) in [5, 5.41) is 8.84. The molecule has 0 bridgehead atoms. The molecule has 2 saturated heterocycles. The van der Waals surface area contributed by atoms with Gasteiger partial charge in [-0.2, -0.15) is 0 Å². The van der Waals surface area contributed by atoms with Crippen LogP contribution >= 0.6 is 0 Å². The van der Waals surface area contributed by atoms with Crippen molar-refractivity contribution in [1.82, 2.24) is 4.90 Å². The number of amides is 1. The first kappa shape index (κ1) is 17.2. The van der Waals surface area contributed by atoms with Crippen LogP contribution in [0.4, 0.5) is 0 Å². The zero-order valence-electron chi connectivity index (χ0n) is 13.3. The van der Waals surface area contributed by atoms with Crippen LogP contribution in [0.3, 0.4) is 0 Å². The number of rotatable bonds is 7. The van der Waals surface area contributed by atoms with Gasteiger partial charge in [0.1, 0.15) is 6.10 Å². The second kappa shape index (κ2) is 8.48. The SMILES string of the molecule is CC(OCC1CCCO1)C(=O)N1CCCCC1CCC(=O)O. The Morgan fingerprint density at radius 1 is 1.32 bits per heavy atom. The van der Waals surface area contributed by atoms with Crippen LogP contribution in [0.15, 0.2) is 0 Å². The molecule has 0 aromatic carbocycles. The fourth-order valence-electron chi connectivity index (χ4n) is 3.21. The van der Waals surface area contributed by atoms with Crippen molar-refractivity contribution in [3.63, 3.8) is 0 Å². The van der Waals surface area contributed by atoms with Crippen molar-refractivity contribution in [3.8, 4) is 0 Å². The van der Waals surface area contributed by atoms with Gasteiger partial charge in [-0.1, -0.05) is 0 Å². The van der Waals surface area contributed by atoms with Gasteiger partial charge in [0.25, 0.3) is 5.91 Å². The van der Waals surface area contributed by atoms with Crippen LogP contribution < -0.4 is 0 Å². The average Bonchev–Trinajstić information content (AvgIpc) is 3.03. The molecule has 3 atom stereocenters. The van der Waals surface area contributed by atoms with Crippen LogP contribution in [0.5, 0.6) is 0 Å². The highest BCUT2D eigenvalue weighted by molar-refractivity contribution is 5.81. The summed E-state index contributed by atoms with van der Waals surface area (Å²) in [6, 6.07) is 0.0335. The van der Waals surface area contributed by atoms with Crippen molar-refractivity contribution in [3.05, 3.63) is 0 Å². The van der Waals surface area contributed by atoms with Gasteiger partial charge in [-0.25, -0.2) is 0 Å². The number of hydrogen-bond donors (Lipinski definition) is 1. The zero-order chi connectivity index (χ0) is 15.9. The fourth-order valence-corrected chi connectivity index (χ4v) is 3.21. The van der Waals surface area contributed by atoms with E-state index in [1.54, 1.807) is 6.92 Å². The van der Waals surface area contributed by atoms with E-state index in [4.69, 9.17) is 14.6 Å². The smallest absolute Gasteiger partial charge is 0.303 e. The highest BCUT2D eigenvalue weighted by atomic mass is 16.5. The minimum absolute atomic E-state index is 0.0203. The van der Waals surface area contributed by atoms with Gasteiger partial charge in [-0.15, -0.1) is 0 Å². The zero-order valence-corrected chi connectivity index (χ0v) is 13.3. The van der Waals surface area contributed by atoms with Gasteiger partial charge in [-0.05, 0) is 45.4 Å². The molecule has 126 valence electrons. The number of carbonyl (C=O) groups excluding carboxylic acids is 1. The Labute approximate surface area is 131 Å². The van der Waals surface area contributed by atoms with Gasteiger partial charge in [-0.3, -0.25) is 9.59 Å². The third-order valence-electron chi connectivity index (χ3n) is 4.51. The molecule has 2 aliphatic heterocycles. The quantitative estimate of drug-likeness (QED) is 0.776. The molecular formula is C16H27NO5. The first-order valence-corrected chi connectivity index (χ1v) is 8.33. The van der Waals surface area contributed by atoms with Crippen LogP contribution in [-0.2, 0) is 19.1 Å². The van der Waals surface area contributed by atoms with Crippen molar-refractivity contribution in [2.75, 3.05) is 19.8 Å². The maximum atomic E-state index is 12.6. The number of carboxylic acid groups (broad SMARTS) is 1. The first-order valence-electron chi connectivity index (χ1n) is 8.33. The number of likely N-dealkylation sites (tertiary alicyclic amines) is 1.